The first-order valence-corrected chi connectivity index (χ1v) is 15.9. The number of aromatic nitrogens is 4. The van der Waals surface area contributed by atoms with Crippen molar-refractivity contribution in [2.45, 2.75) is 0 Å². The summed E-state index contributed by atoms with van der Waals surface area (Å²) in [6, 6.07) is 51.7. The highest BCUT2D eigenvalue weighted by Gasteiger charge is 2.21. The highest BCUT2D eigenvalue weighted by molar-refractivity contribution is 7.26. The number of nitrogens with zero attached hydrogens (tertiary/aromatic N) is 4. The number of benzene rings is 6. The Morgan fingerprint density at radius 1 is 0.444 bits per heavy atom. The van der Waals surface area contributed by atoms with Gasteiger partial charge in [0.2, 0.25) is 0 Å². The smallest absolute Gasteiger partial charge is 0.162 e. The molecule has 0 amide bonds. The van der Waals surface area contributed by atoms with Crippen LogP contribution in [0.5, 0.6) is 0 Å². The Balaban J connectivity index is 1.30. The predicted octanol–water partition coefficient (Wildman–Crippen LogP) is 10.7. The van der Waals surface area contributed by atoms with Crippen LogP contribution >= 0.6 is 11.3 Å². The van der Waals surface area contributed by atoms with Gasteiger partial charge >= 0.3 is 0 Å². The molecule has 0 bridgehead atoms. The van der Waals surface area contributed by atoms with Crippen LogP contribution < -0.4 is 0 Å². The minimum Gasteiger partial charge on any atom is -0.309 e. The number of fused-ring (bicyclic) bond motifs is 9. The summed E-state index contributed by atoms with van der Waals surface area (Å²) in [5.41, 5.74) is 7.76. The van der Waals surface area contributed by atoms with Gasteiger partial charge in [-0.1, -0.05) is 91.0 Å². The van der Waals surface area contributed by atoms with Crippen molar-refractivity contribution in [1.82, 2.24) is 19.1 Å². The summed E-state index contributed by atoms with van der Waals surface area (Å²) >= 11 is 1.76. The lowest BCUT2D eigenvalue weighted by Crippen LogP contribution is -2.01. The van der Waals surface area contributed by atoms with Crippen molar-refractivity contribution in [3.8, 4) is 22.9 Å². The van der Waals surface area contributed by atoms with Crippen LogP contribution in [0, 0.1) is 0 Å². The molecule has 6 aromatic carbocycles. The summed E-state index contributed by atoms with van der Waals surface area (Å²) in [5.74, 6) is 1.64. The molecular weight excluding hydrogens is 569 g/mol. The average molecular weight is 593 g/mol. The van der Waals surface area contributed by atoms with E-state index < -0.39 is 0 Å². The summed E-state index contributed by atoms with van der Waals surface area (Å²) in [6.07, 6.45) is 0. The third kappa shape index (κ3) is 3.53. The normalized spacial score (nSPS) is 12.0. The zero-order valence-corrected chi connectivity index (χ0v) is 24.9. The molecule has 5 heteroatoms. The lowest BCUT2D eigenvalue weighted by molar-refractivity contribution is 1.08. The molecule has 0 unspecified atom stereocenters. The van der Waals surface area contributed by atoms with Gasteiger partial charge in [0.15, 0.2) is 11.6 Å². The highest BCUT2D eigenvalue weighted by atomic mass is 32.1. The molecule has 0 N–H and O–H groups in total. The Kier molecular flexibility index (Phi) is 5.12. The van der Waals surface area contributed by atoms with Crippen molar-refractivity contribution < 1.29 is 0 Å². The Hall–Kier alpha value is -5.78. The molecule has 10 rings (SSSR count). The summed E-state index contributed by atoms with van der Waals surface area (Å²) in [5, 5.41) is 5.99. The minimum absolute atomic E-state index is 0.723. The van der Waals surface area contributed by atoms with Gasteiger partial charge in [-0.25, -0.2) is 9.97 Å². The molecule has 0 spiro atoms. The van der Waals surface area contributed by atoms with Crippen LogP contribution in [0.15, 0.2) is 146 Å². The van der Waals surface area contributed by atoms with Crippen LogP contribution in [-0.4, -0.2) is 19.1 Å². The molecule has 4 aromatic heterocycles. The third-order valence-corrected chi connectivity index (χ3v) is 10.1. The number of thiophene rings is 1. The maximum atomic E-state index is 5.42. The first kappa shape index (κ1) is 24.6. The molecule has 4 nitrogen and oxygen atoms in total. The van der Waals surface area contributed by atoms with Gasteiger partial charge in [-0.3, -0.25) is 4.57 Å². The van der Waals surface area contributed by atoms with Crippen molar-refractivity contribution in [3.63, 3.8) is 0 Å². The SMILES string of the molecule is c1ccc(-n2c3ccccc3c3cc(-c4nc(-n5c6ccccc6c6ccccc65)c5sc6ccccc6c5n4)ccc32)cc1. The standard InChI is InChI=1S/C40H24N4S/c1-2-12-26(13-3-1)43-32-18-8-6-16-29(32)31-24-25(22-23-35(31)43)39-41-37-30-17-7-11-21-36(30)45-38(37)40(42-39)44-33-19-9-4-14-27(33)28-15-5-10-20-34(28)44/h1-24H. The van der Waals surface area contributed by atoms with E-state index >= 15 is 0 Å². The average Bonchev–Trinajstić information content (AvgIpc) is 3.76. The zero-order valence-electron chi connectivity index (χ0n) is 24.1. The monoisotopic (exact) mass is 592 g/mol. The maximum Gasteiger partial charge on any atom is 0.162 e. The van der Waals surface area contributed by atoms with Gasteiger partial charge in [-0.2, -0.15) is 0 Å². The van der Waals surface area contributed by atoms with Gasteiger partial charge in [0.25, 0.3) is 0 Å². The van der Waals surface area contributed by atoms with Gasteiger partial charge in [0.1, 0.15) is 0 Å². The van der Waals surface area contributed by atoms with Crippen LogP contribution in [0.2, 0.25) is 0 Å². The summed E-state index contributed by atoms with van der Waals surface area (Å²) in [6.45, 7) is 0. The Labute approximate surface area is 262 Å². The van der Waals surface area contributed by atoms with E-state index in [0.717, 1.165) is 55.0 Å². The maximum absolute atomic E-state index is 5.42. The lowest BCUT2D eigenvalue weighted by Gasteiger charge is -2.11. The van der Waals surface area contributed by atoms with Crippen molar-refractivity contribution in [3.05, 3.63) is 146 Å². The van der Waals surface area contributed by atoms with E-state index in [2.05, 4.69) is 155 Å². The van der Waals surface area contributed by atoms with E-state index in [1.807, 2.05) is 0 Å². The molecule has 210 valence electrons. The first-order chi connectivity index (χ1) is 22.3. The summed E-state index contributed by atoms with van der Waals surface area (Å²) in [4.78, 5) is 10.7. The van der Waals surface area contributed by atoms with E-state index in [1.165, 1.54) is 31.8 Å². The van der Waals surface area contributed by atoms with Gasteiger partial charge in [0, 0.05) is 42.9 Å². The molecule has 0 saturated heterocycles. The molecule has 45 heavy (non-hydrogen) atoms. The van der Waals surface area contributed by atoms with Gasteiger partial charge in [-0.05, 0) is 54.6 Å². The van der Waals surface area contributed by atoms with Gasteiger partial charge in [0.05, 0.1) is 32.3 Å². The fourth-order valence-electron chi connectivity index (χ4n) is 6.98. The van der Waals surface area contributed by atoms with Crippen molar-refractivity contribution in [1.29, 1.82) is 0 Å². The quantitative estimate of drug-likeness (QED) is 0.205. The van der Waals surface area contributed by atoms with Crippen LogP contribution in [-0.2, 0) is 0 Å². The molecule has 10 aromatic rings. The molecular formula is C40H24N4S. The van der Waals surface area contributed by atoms with Gasteiger partial charge < -0.3 is 4.57 Å². The molecule has 0 aliphatic rings. The highest BCUT2D eigenvalue weighted by Crippen LogP contribution is 2.41. The largest absolute Gasteiger partial charge is 0.309 e. The molecule has 4 heterocycles. The lowest BCUT2D eigenvalue weighted by atomic mass is 10.1. The van der Waals surface area contributed by atoms with E-state index in [0.29, 0.717) is 0 Å². The molecule has 0 radical (unpaired) electrons. The second kappa shape index (κ2) is 9.36. The summed E-state index contributed by atoms with van der Waals surface area (Å²) < 4.78 is 6.97. The topological polar surface area (TPSA) is 35.6 Å². The second-order valence-corrected chi connectivity index (χ2v) is 12.5. The fraction of sp³-hybridized carbons (Fsp3) is 0. The van der Waals surface area contributed by atoms with E-state index in [9.17, 15) is 0 Å². The second-order valence-electron chi connectivity index (χ2n) is 11.4. The number of rotatable bonds is 3. The Morgan fingerprint density at radius 2 is 1.00 bits per heavy atom. The molecule has 0 aliphatic carbocycles. The number of para-hydroxylation sites is 4. The molecule has 0 fully saturated rings. The van der Waals surface area contributed by atoms with E-state index in [-0.39, 0.29) is 0 Å². The summed E-state index contributed by atoms with van der Waals surface area (Å²) in [7, 11) is 0. The van der Waals surface area contributed by atoms with Gasteiger partial charge in [-0.15, -0.1) is 11.3 Å². The number of hydrogen-bond acceptors (Lipinski definition) is 3. The van der Waals surface area contributed by atoms with Crippen molar-refractivity contribution >= 4 is 75.3 Å². The molecule has 0 saturated carbocycles. The third-order valence-electron chi connectivity index (χ3n) is 8.94. The van der Waals surface area contributed by atoms with E-state index in [1.54, 1.807) is 11.3 Å². The van der Waals surface area contributed by atoms with Crippen LogP contribution in [0.1, 0.15) is 0 Å². The predicted molar refractivity (Wildman–Crippen MR) is 189 cm³/mol. The first-order valence-electron chi connectivity index (χ1n) is 15.1. The Morgan fingerprint density at radius 3 is 1.71 bits per heavy atom. The van der Waals surface area contributed by atoms with E-state index in [4.69, 9.17) is 9.97 Å². The van der Waals surface area contributed by atoms with Crippen molar-refractivity contribution in [2.75, 3.05) is 0 Å². The van der Waals surface area contributed by atoms with Crippen LogP contribution in [0.4, 0.5) is 0 Å². The Bertz CT molecular complexity index is 2710. The fourth-order valence-corrected chi connectivity index (χ4v) is 8.10. The molecule has 0 aliphatic heterocycles. The van der Waals surface area contributed by atoms with Crippen molar-refractivity contribution in [2.24, 2.45) is 0 Å². The minimum atomic E-state index is 0.723. The van der Waals surface area contributed by atoms with Crippen LogP contribution in [0.3, 0.4) is 0 Å². The zero-order chi connectivity index (χ0) is 29.5. The van der Waals surface area contributed by atoms with Crippen LogP contribution in [0.25, 0.3) is 86.8 Å². The number of hydrogen-bond donors (Lipinski definition) is 0. The molecule has 0 atom stereocenters.